The Balaban J connectivity index is 1.27. The van der Waals surface area contributed by atoms with Crippen molar-refractivity contribution >= 4 is 45.9 Å². The molecule has 9 nitrogen and oxygen atoms in total. The molecule has 13 heteroatoms. The van der Waals surface area contributed by atoms with Crippen LogP contribution in [0.1, 0.15) is 60.3 Å². The Morgan fingerprint density at radius 2 is 1.91 bits per heavy atom. The number of nitrogens with zero attached hydrogens (tertiary/aromatic N) is 3. The molecule has 2 aliphatic carbocycles. The summed E-state index contributed by atoms with van der Waals surface area (Å²) in [5, 5.41) is 20.1. The molecule has 0 bridgehead atoms. The smallest absolute Gasteiger partial charge is 0.251 e. The Labute approximate surface area is 260 Å². The minimum absolute atomic E-state index is 0.0487. The van der Waals surface area contributed by atoms with Crippen molar-refractivity contribution in [2.24, 2.45) is 11.7 Å². The summed E-state index contributed by atoms with van der Waals surface area (Å²) in [5.74, 6) is -3.98. The molecular weight excluding hydrogens is 615 g/mol. The molecule has 2 atom stereocenters. The van der Waals surface area contributed by atoms with E-state index in [9.17, 15) is 19.1 Å². The second-order valence-electron chi connectivity index (χ2n) is 12.1. The summed E-state index contributed by atoms with van der Waals surface area (Å²) in [6.45, 7) is 1.15. The second kappa shape index (κ2) is 10.1. The molecular formula is C31H27Cl2F2N5O4. The highest BCUT2D eigenvalue weighted by molar-refractivity contribution is 6.35. The molecule has 2 fully saturated rings. The molecule has 44 heavy (non-hydrogen) atoms. The fourth-order valence-corrected chi connectivity index (χ4v) is 6.20. The van der Waals surface area contributed by atoms with Crippen LogP contribution in [0.25, 0.3) is 22.2 Å². The summed E-state index contributed by atoms with van der Waals surface area (Å²) >= 11 is 12.3. The second-order valence-corrected chi connectivity index (χ2v) is 12.9. The summed E-state index contributed by atoms with van der Waals surface area (Å²) in [7, 11) is 0. The molecule has 2 aromatic heterocycles. The third-order valence-electron chi connectivity index (χ3n) is 8.88. The molecule has 4 aromatic rings. The van der Waals surface area contributed by atoms with Gasteiger partial charge in [0.2, 0.25) is 5.91 Å². The number of nitrogens with one attached hydrogen (secondary N) is 1. The molecule has 3 aliphatic rings. The maximum absolute atomic E-state index is 15.2. The lowest BCUT2D eigenvalue weighted by atomic mass is 9.81. The highest BCUT2D eigenvalue weighted by Crippen LogP contribution is 2.50. The van der Waals surface area contributed by atoms with Crippen LogP contribution in [0.2, 0.25) is 10.0 Å². The van der Waals surface area contributed by atoms with Crippen LogP contribution in [0.3, 0.4) is 0 Å². The van der Waals surface area contributed by atoms with E-state index in [1.54, 1.807) is 13.0 Å². The minimum atomic E-state index is -1.73. The number of hydrogen-bond acceptors (Lipinski definition) is 6. The van der Waals surface area contributed by atoms with E-state index < -0.39 is 39.5 Å². The third-order valence-corrected chi connectivity index (χ3v) is 9.46. The molecule has 0 spiro atoms. The summed E-state index contributed by atoms with van der Waals surface area (Å²) in [6.07, 6.45) is 5.21. The largest absolute Gasteiger partial charge is 0.489 e. The Hall–Kier alpha value is -3.80. The monoisotopic (exact) mass is 641 g/mol. The van der Waals surface area contributed by atoms with E-state index in [4.69, 9.17) is 33.7 Å². The van der Waals surface area contributed by atoms with Crippen molar-refractivity contribution in [1.29, 1.82) is 0 Å². The normalized spacial score (nSPS) is 20.7. The number of hydrogen-bond donors (Lipinski definition) is 3. The van der Waals surface area contributed by atoms with Gasteiger partial charge in [-0.3, -0.25) is 14.3 Å². The van der Waals surface area contributed by atoms with Crippen LogP contribution in [-0.4, -0.2) is 44.8 Å². The maximum Gasteiger partial charge on any atom is 0.251 e. The van der Waals surface area contributed by atoms with Gasteiger partial charge in [0.25, 0.3) is 5.91 Å². The van der Waals surface area contributed by atoms with Gasteiger partial charge in [0.1, 0.15) is 34.6 Å². The van der Waals surface area contributed by atoms with Crippen LogP contribution in [0.15, 0.2) is 36.5 Å². The molecule has 4 N–H and O–H groups in total. The number of benzene rings is 2. The van der Waals surface area contributed by atoms with E-state index >= 15 is 4.39 Å². The summed E-state index contributed by atoms with van der Waals surface area (Å²) in [5.41, 5.74) is 3.51. The van der Waals surface area contributed by atoms with Crippen molar-refractivity contribution in [3.63, 3.8) is 0 Å². The molecule has 0 saturated heterocycles. The van der Waals surface area contributed by atoms with Gasteiger partial charge in [-0.1, -0.05) is 23.2 Å². The zero-order valence-electron chi connectivity index (χ0n) is 23.5. The van der Waals surface area contributed by atoms with Crippen molar-refractivity contribution in [2.75, 3.05) is 13.2 Å². The Kier molecular flexibility index (Phi) is 6.65. The number of aromatic nitrogens is 3. The minimum Gasteiger partial charge on any atom is -0.489 e. The standard InChI is InChI=1S/C31H27Cl2F2N5O4/c1-30(29(36)42)13-44-27-19(30)10-22(38-26(27)18-6-7-20(32)24(35)23(18)34)31(43,16-2-3-16)12-37-28(41)14-8-15-11-40(17-4-5-17)39-25(15)21(33)9-14/h6-11,16-17,43H,2-5,12-13H2,1H3,(H2,36,42)(H,37,41)/t30-,31+/m0/s1. The lowest BCUT2D eigenvalue weighted by Gasteiger charge is -2.30. The van der Waals surface area contributed by atoms with Gasteiger partial charge in [0.05, 0.1) is 28.3 Å². The molecule has 2 aromatic carbocycles. The van der Waals surface area contributed by atoms with Crippen LogP contribution in [0.5, 0.6) is 5.75 Å². The first kappa shape index (κ1) is 28.9. The van der Waals surface area contributed by atoms with Gasteiger partial charge < -0.3 is 20.9 Å². The molecule has 2 amide bonds. The fraction of sp³-hybridized carbons (Fsp3) is 0.355. The number of amides is 2. The van der Waals surface area contributed by atoms with Crippen molar-refractivity contribution in [1.82, 2.24) is 20.1 Å². The van der Waals surface area contributed by atoms with E-state index in [-0.39, 0.29) is 52.9 Å². The van der Waals surface area contributed by atoms with Crippen molar-refractivity contribution in [3.8, 4) is 17.0 Å². The number of primary amides is 1. The van der Waals surface area contributed by atoms with Gasteiger partial charge >= 0.3 is 0 Å². The molecule has 3 heterocycles. The number of pyridine rings is 1. The highest BCUT2D eigenvalue weighted by atomic mass is 35.5. The average molecular weight is 642 g/mol. The van der Waals surface area contributed by atoms with E-state index in [0.29, 0.717) is 29.4 Å². The first-order valence-electron chi connectivity index (χ1n) is 14.2. The summed E-state index contributed by atoms with van der Waals surface area (Å²) < 4.78 is 37.4. The quantitative estimate of drug-likeness (QED) is 0.227. The average Bonchev–Trinajstić information content (AvgIpc) is 3.94. The Morgan fingerprint density at radius 3 is 2.59 bits per heavy atom. The number of carbonyl (C=O) groups is 2. The molecule has 228 valence electrons. The molecule has 0 unspecified atom stereocenters. The number of ether oxygens (including phenoxy) is 1. The molecule has 1 aliphatic heterocycles. The van der Waals surface area contributed by atoms with E-state index in [2.05, 4.69) is 15.4 Å². The number of fused-ring (bicyclic) bond motifs is 2. The first-order chi connectivity index (χ1) is 20.9. The summed E-state index contributed by atoms with van der Waals surface area (Å²) in [4.78, 5) is 30.5. The van der Waals surface area contributed by atoms with Crippen LogP contribution in [0.4, 0.5) is 8.78 Å². The van der Waals surface area contributed by atoms with E-state index in [1.165, 1.54) is 24.3 Å². The van der Waals surface area contributed by atoms with Crippen LogP contribution >= 0.6 is 23.2 Å². The number of rotatable bonds is 8. The van der Waals surface area contributed by atoms with Gasteiger partial charge in [-0.2, -0.15) is 5.10 Å². The fourth-order valence-electron chi connectivity index (χ4n) is 5.79. The topological polar surface area (TPSA) is 132 Å². The zero-order chi connectivity index (χ0) is 31.1. The molecule has 7 rings (SSSR count). The van der Waals surface area contributed by atoms with Crippen molar-refractivity contribution in [2.45, 2.75) is 49.7 Å². The molecule has 2 saturated carbocycles. The maximum atomic E-state index is 15.2. The lowest BCUT2D eigenvalue weighted by molar-refractivity contribution is -0.123. The zero-order valence-corrected chi connectivity index (χ0v) is 25.0. The van der Waals surface area contributed by atoms with Gasteiger partial charge in [-0.05, 0) is 68.9 Å². The van der Waals surface area contributed by atoms with Crippen LogP contribution in [-0.2, 0) is 15.8 Å². The van der Waals surface area contributed by atoms with Gasteiger partial charge in [-0.15, -0.1) is 0 Å². The Bertz CT molecular complexity index is 1890. The summed E-state index contributed by atoms with van der Waals surface area (Å²) in [6, 6.07) is 7.49. The lowest BCUT2D eigenvalue weighted by Crippen LogP contribution is -2.44. The van der Waals surface area contributed by atoms with Gasteiger partial charge in [0, 0.05) is 28.3 Å². The number of nitrogens with two attached hydrogens (primary N) is 1. The first-order valence-corrected chi connectivity index (χ1v) is 15.0. The van der Waals surface area contributed by atoms with Crippen molar-refractivity contribution in [3.05, 3.63) is 75.0 Å². The van der Waals surface area contributed by atoms with E-state index in [1.807, 2.05) is 10.9 Å². The number of halogens is 4. The highest BCUT2D eigenvalue weighted by Gasteiger charge is 2.50. The predicted molar refractivity (Wildman–Crippen MR) is 159 cm³/mol. The SMILES string of the molecule is C[C@]1(C(N)=O)COc2c1cc([C@@](O)(CNC(=O)c1cc(Cl)c3nn(C4CC4)cc3c1)C1CC1)nc2-c1ccc(Cl)c(F)c1F. The molecule has 0 radical (unpaired) electrons. The van der Waals surface area contributed by atoms with Gasteiger partial charge in [-0.25, -0.2) is 13.8 Å². The third kappa shape index (κ3) is 4.60. The van der Waals surface area contributed by atoms with Crippen molar-refractivity contribution < 1.29 is 28.2 Å². The Morgan fingerprint density at radius 1 is 1.16 bits per heavy atom. The van der Waals surface area contributed by atoms with E-state index in [0.717, 1.165) is 18.2 Å². The number of aliphatic hydroxyl groups is 1. The van der Waals surface area contributed by atoms with Crippen LogP contribution in [0, 0.1) is 17.6 Å². The number of carbonyl (C=O) groups excluding carboxylic acids is 2. The van der Waals surface area contributed by atoms with Gasteiger partial charge in [0.15, 0.2) is 11.6 Å². The predicted octanol–water partition coefficient (Wildman–Crippen LogP) is 5.18. The van der Waals surface area contributed by atoms with Crippen LogP contribution < -0.4 is 15.8 Å².